The maximum Gasteiger partial charge on any atom is 0.257 e. The largest absolute Gasteiger partial charge is 0.333 e. The molecule has 5 rings (SSSR count). The normalized spacial score (nSPS) is 20.7. The predicted octanol–water partition coefficient (Wildman–Crippen LogP) is 3.44. The zero-order valence-corrected chi connectivity index (χ0v) is 16.8. The van der Waals surface area contributed by atoms with Crippen molar-refractivity contribution >= 4 is 29.1 Å². The summed E-state index contributed by atoms with van der Waals surface area (Å²) in [6.45, 7) is 2.03. The number of carbonyl (C=O) groups is 1. The average molecular weight is 427 g/mol. The molecular formula is C21H20ClFN6O. The number of nitrogens with one attached hydrogen (secondary N) is 2. The number of likely N-dealkylation sites (tertiary alicyclic amines) is 2. The fraction of sp³-hybridized carbons (Fsp3) is 0.286. The third kappa shape index (κ3) is 3.53. The van der Waals surface area contributed by atoms with Crippen molar-refractivity contribution in [2.24, 2.45) is 0 Å². The first kappa shape index (κ1) is 19.0. The first-order chi connectivity index (χ1) is 14.6. The molecule has 2 aliphatic rings. The highest BCUT2D eigenvalue weighted by Gasteiger charge is 2.45. The number of fused-ring (bicyclic) bond motifs is 2. The van der Waals surface area contributed by atoms with E-state index < -0.39 is 5.82 Å². The third-order valence-corrected chi connectivity index (χ3v) is 6.02. The van der Waals surface area contributed by atoms with Crippen molar-refractivity contribution in [3.63, 3.8) is 0 Å². The fourth-order valence-corrected chi connectivity index (χ4v) is 4.50. The maximum atomic E-state index is 14.3. The lowest BCUT2D eigenvalue weighted by Gasteiger charge is -2.34. The molecule has 0 spiro atoms. The Bertz CT molecular complexity index is 1080. The molecule has 0 unspecified atom stereocenters. The Balaban J connectivity index is 1.24. The smallest absolute Gasteiger partial charge is 0.257 e. The number of piperazine rings is 1. The second-order valence-corrected chi connectivity index (χ2v) is 8.04. The lowest BCUT2D eigenvalue weighted by atomic mass is 10.1. The molecule has 7 nitrogen and oxygen atoms in total. The number of anilines is 2. The molecule has 0 saturated carbocycles. The number of pyridine rings is 1. The first-order valence-electron chi connectivity index (χ1n) is 9.80. The number of hydrogen-bond donors (Lipinski definition) is 2. The van der Waals surface area contributed by atoms with Crippen molar-refractivity contribution in [1.82, 2.24) is 25.0 Å². The van der Waals surface area contributed by atoms with Crippen molar-refractivity contribution < 1.29 is 9.18 Å². The van der Waals surface area contributed by atoms with Crippen LogP contribution in [0.1, 0.15) is 22.5 Å². The topological polar surface area (TPSA) is 77.2 Å². The van der Waals surface area contributed by atoms with E-state index in [9.17, 15) is 9.18 Å². The molecule has 30 heavy (non-hydrogen) atoms. The second kappa shape index (κ2) is 7.70. The number of halogens is 2. The van der Waals surface area contributed by atoms with Gasteiger partial charge in [0.1, 0.15) is 5.82 Å². The molecule has 9 heteroatoms. The summed E-state index contributed by atoms with van der Waals surface area (Å²) in [5.74, 6) is 0.513. The molecule has 2 saturated heterocycles. The van der Waals surface area contributed by atoms with Gasteiger partial charge in [0.2, 0.25) is 0 Å². The number of aromatic nitrogens is 3. The molecule has 2 aromatic heterocycles. The Morgan fingerprint density at radius 2 is 2.03 bits per heavy atom. The molecule has 154 valence electrons. The minimum absolute atomic E-state index is 0.0266. The van der Waals surface area contributed by atoms with Crippen LogP contribution in [0.2, 0.25) is 5.02 Å². The summed E-state index contributed by atoms with van der Waals surface area (Å²) in [7, 11) is 0. The predicted molar refractivity (Wildman–Crippen MR) is 111 cm³/mol. The number of hydrogen-bond acceptors (Lipinski definition) is 5. The van der Waals surface area contributed by atoms with Crippen molar-refractivity contribution in [3.8, 4) is 0 Å². The van der Waals surface area contributed by atoms with Crippen molar-refractivity contribution in [3.05, 3.63) is 70.8 Å². The van der Waals surface area contributed by atoms with Crippen LogP contribution in [0.4, 0.5) is 16.0 Å². The minimum atomic E-state index is -0.644. The fourth-order valence-electron chi connectivity index (χ4n) is 4.32. The zero-order valence-electron chi connectivity index (χ0n) is 16.1. The SMILES string of the molecule is O=C(c1cccc(Cl)c1F)N1C[C@@H]2C[C@H]1CN2Cc1cccc(Nc2cc[nH]n2)n1. The summed E-state index contributed by atoms with van der Waals surface area (Å²) in [4.78, 5) is 21.6. The molecule has 2 aliphatic heterocycles. The molecular weight excluding hydrogens is 407 g/mol. The Morgan fingerprint density at radius 1 is 1.17 bits per heavy atom. The lowest BCUT2D eigenvalue weighted by Crippen LogP contribution is -2.48. The quantitative estimate of drug-likeness (QED) is 0.653. The Morgan fingerprint density at radius 3 is 2.80 bits per heavy atom. The number of aromatic amines is 1. The molecule has 2 bridgehead atoms. The Kier molecular flexibility index (Phi) is 4.88. The van der Waals surface area contributed by atoms with Crippen LogP contribution in [0, 0.1) is 5.82 Å². The van der Waals surface area contributed by atoms with E-state index in [-0.39, 0.29) is 28.6 Å². The van der Waals surface area contributed by atoms with E-state index in [2.05, 4.69) is 25.4 Å². The molecule has 3 aromatic rings. The molecule has 4 heterocycles. The van der Waals surface area contributed by atoms with Crippen LogP contribution in [0.3, 0.4) is 0 Å². The number of benzene rings is 1. The number of nitrogens with zero attached hydrogens (tertiary/aromatic N) is 4. The summed E-state index contributed by atoms with van der Waals surface area (Å²) >= 11 is 5.84. The summed E-state index contributed by atoms with van der Waals surface area (Å²) in [5.41, 5.74) is 0.988. The van der Waals surface area contributed by atoms with E-state index in [1.165, 1.54) is 12.1 Å². The van der Waals surface area contributed by atoms with Gasteiger partial charge in [-0.2, -0.15) is 5.10 Å². The van der Waals surface area contributed by atoms with E-state index in [0.29, 0.717) is 18.9 Å². The second-order valence-electron chi connectivity index (χ2n) is 7.63. The van der Waals surface area contributed by atoms with E-state index in [4.69, 9.17) is 11.6 Å². The van der Waals surface area contributed by atoms with Gasteiger partial charge in [-0.05, 0) is 30.7 Å². The van der Waals surface area contributed by atoms with Crippen LogP contribution in [0.5, 0.6) is 0 Å². The summed E-state index contributed by atoms with van der Waals surface area (Å²) in [6.07, 6.45) is 2.63. The van der Waals surface area contributed by atoms with Gasteiger partial charge in [0.25, 0.3) is 5.91 Å². The van der Waals surface area contributed by atoms with Gasteiger partial charge in [-0.1, -0.05) is 23.7 Å². The van der Waals surface area contributed by atoms with E-state index in [1.807, 2.05) is 24.3 Å². The van der Waals surface area contributed by atoms with Crippen molar-refractivity contribution in [1.29, 1.82) is 0 Å². The number of amides is 1. The molecule has 1 amide bonds. The Hall–Kier alpha value is -2.97. The molecule has 2 atom stereocenters. The van der Waals surface area contributed by atoms with Crippen LogP contribution in [0.15, 0.2) is 48.7 Å². The van der Waals surface area contributed by atoms with Gasteiger partial charge < -0.3 is 10.2 Å². The molecule has 0 aliphatic carbocycles. The maximum absolute atomic E-state index is 14.3. The number of rotatable bonds is 5. The van der Waals surface area contributed by atoms with Gasteiger partial charge in [0.15, 0.2) is 11.6 Å². The van der Waals surface area contributed by atoms with Crippen molar-refractivity contribution in [2.75, 3.05) is 18.4 Å². The highest BCUT2D eigenvalue weighted by atomic mass is 35.5. The average Bonchev–Trinajstić information content (AvgIpc) is 3.47. The minimum Gasteiger partial charge on any atom is -0.333 e. The van der Waals surface area contributed by atoms with E-state index in [1.54, 1.807) is 17.2 Å². The highest BCUT2D eigenvalue weighted by molar-refractivity contribution is 6.31. The van der Waals surface area contributed by atoms with Crippen LogP contribution in [0.25, 0.3) is 0 Å². The van der Waals surface area contributed by atoms with Crippen molar-refractivity contribution in [2.45, 2.75) is 25.0 Å². The summed E-state index contributed by atoms with van der Waals surface area (Å²) < 4.78 is 14.3. The van der Waals surface area contributed by atoms with Gasteiger partial charge in [-0.15, -0.1) is 0 Å². The third-order valence-electron chi connectivity index (χ3n) is 5.73. The number of H-pyrrole nitrogens is 1. The van der Waals surface area contributed by atoms with Crippen LogP contribution in [-0.2, 0) is 6.54 Å². The molecule has 2 fully saturated rings. The van der Waals surface area contributed by atoms with Gasteiger partial charge >= 0.3 is 0 Å². The lowest BCUT2D eigenvalue weighted by molar-refractivity contribution is 0.0610. The zero-order chi connectivity index (χ0) is 20.7. The van der Waals surface area contributed by atoms with E-state index >= 15 is 0 Å². The van der Waals surface area contributed by atoms with Gasteiger partial charge in [-0.3, -0.25) is 14.8 Å². The molecule has 1 aromatic carbocycles. The monoisotopic (exact) mass is 426 g/mol. The highest BCUT2D eigenvalue weighted by Crippen LogP contribution is 2.33. The number of carbonyl (C=O) groups excluding carboxylic acids is 1. The van der Waals surface area contributed by atoms with Crippen LogP contribution < -0.4 is 5.32 Å². The van der Waals surface area contributed by atoms with Gasteiger partial charge in [-0.25, -0.2) is 9.37 Å². The molecule has 2 N–H and O–H groups in total. The molecule has 0 radical (unpaired) electrons. The van der Waals surface area contributed by atoms with Gasteiger partial charge in [0.05, 0.1) is 16.3 Å². The summed E-state index contributed by atoms with van der Waals surface area (Å²) in [6, 6.07) is 12.6. The Labute approximate surface area is 177 Å². The first-order valence-corrected chi connectivity index (χ1v) is 10.2. The van der Waals surface area contributed by atoms with Crippen LogP contribution >= 0.6 is 11.6 Å². The van der Waals surface area contributed by atoms with Gasteiger partial charge in [0, 0.05) is 44.0 Å². The van der Waals surface area contributed by atoms with Crippen LogP contribution in [-0.4, -0.2) is 56.1 Å². The van der Waals surface area contributed by atoms with E-state index in [0.717, 1.165) is 24.5 Å². The summed E-state index contributed by atoms with van der Waals surface area (Å²) in [5, 5.41) is 9.98. The standard InChI is InChI=1S/C21H20ClFN6O/c22-17-5-2-4-16(20(17)23)21(30)29-12-14-9-15(29)11-28(14)10-13-3-1-6-18(25-13)26-19-7-8-24-27-19/h1-8,14-15H,9-12H2,(H2,24,25,26,27)/t14-,15-/m0/s1.